The van der Waals surface area contributed by atoms with Crippen molar-refractivity contribution in [2.45, 2.75) is 19.1 Å². The minimum absolute atomic E-state index is 0.122. The fourth-order valence-corrected chi connectivity index (χ4v) is 3.15. The second kappa shape index (κ2) is 10.5. The van der Waals surface area contributed by atoms with E-state index >= 15 is 0 Å². The molecule has 0 saturated carbocycles. The molecular formula is C22H26N2O5. The Labute approximate surface area is 170 Å². The lowest BCUT2D eigenvalue weighted by molar-refractivity contribution is 0.0600. The second-order valence-electron chi connectivity index (χ2n) is 6.79. The van der Waals surface area contributed by atoms with Crippen LogP contribution < -0.4 is 10.1 Å². The molecule has 7 nitrogen and oxygen atoms in total. The van der Waals surface area contributed by atoms with E-state index < -0.39 is 5.97 Å². The van der Waals surface area contributed by atoms with E-state index in [1.165, 1.54) is 7.11 Å². The molecule has 1 saturated heterocycles. The first-order valence-electron chi connectivity index (χ1n) is 9.66. The van der Waals surface area contributed by atoms with Crippen LogP contribution in [-0.2, 0) is 16.1 Å². The Morgan fingerprint density at radius 2 is 1.97 bits per heavy atom. The number of hydrogen-bond donors (Lipinski definition) is 1. The van der Waals surface area contributed by atoms with Crippen LogP contribution in [0.2, 0.25) is 0 Å². The van der Waals surface area contributed by atoms with Gasteiger partial charge < -0.3 is 24.4 Å². The standard InChI is InChI=1S/C22H26N2O5/c1-27-21(25)18-8-5-9-20(14-18)28-13-10-19-15-24(12-11-23-19)22(26)29-16-17-6-3-2-4-7-17/h2-9,14,19,23H,10-13,15-16H2,1H3/t19-/m1/s1. The van der Waals surface area contributed by atoms with Crippen LogP contribution in [0.15, 0.2) is 54.6 Å². The van der Waals surface area contributed by atoms with Gasteiger partial charge in [0.05, 0.1) is 19.3 Å². The summed E-state index contributed by atoms with van der Waals surface area (Å²) in [5.41, 5.74) is 1.42. The van der Waals surface area contributed by atoms with Crippen molar-refractivity contribution in [1.29, 1.82) is 0 Å². The number of ether oxygens (including phenoxy) is 3. The lowest BCUT2D eigenvalue weighted by Crippen LogP contribution is -2.53. The summed E-state index contributed by atoms with van der Waals surface area (Å²) in [6, 6.07) is 16.7. The molecule has 1 amide bonds. The molecule has 2 aromatic carbocycles. The van der Waals surface area contributed by atoms with Crippen LogP contribution >= 0.6 is 0 Å². The van der Waals surface area contributed by atoms with Gasteiger partial charge in [0.1, 0.15) is 12.4 Å². The fourth-order valence-electron chi connectivity index (χ4n) is 3.15. The van der Waals surface area contributed by atoms with E-state index in [4.69, 9.17) is 14.2 Å². The van der Waals surface area contributed by atoms with E-state index in [-0.39, 0.29) is 18.7 Å². The van der Waals surface area contributed by atoms with Crippen LogP contribution in [0.3, 0.4) is 0 Å². The smallest absolute Gasteiger partial charge is 0.410 e. The molecule has 0 aliphatic carbocycles. The summed E-state index contributed by atoms with van der Waals surface area (Å²) in [5.74, 6) is 0.219. The summed E-state index contributed by atoms with van der Waals surface area (Å²) >= 11 is 0. The number of carbonyl (C=O) groups is 2. The van der Waals surface area contributed by atoms with Crippen molar-refractivity contribution < 1.29 is 23.8 Å². The Balaban J connectivity index is 1.42. The molecule has 0 bridgehead atoms. The molecule has 7 heteroatoms. The number of benzene rings is 2. The van der Waals surface area contributed by atoms with E-state index in [1.807, 2.05) is 30.3 Å². The first kappa shape index (κ1) is 20.7. The average Bonchev–Trinajstić information content (AvgIpc) is 2.78. The van der Waals surface area contributed by atoms with Gasteiger partial charge in [-0.2, -0.15) is 0 Å². The van der Waals surface area contributed by atoms with Gasteiger partial charge in [0.15, 0.2) is 0 Å². The van der Waals surface area contributed by atoms with Gasteiger partial charge in [0.2, 0.25) is 0 Å². The third-order valence-electron chi connectivity index (χ3n) is 4.71. The summed E-state index contributed by atoms with van der Waals surface area (Å²) < 4.78 is 15.9. The van der Waals surface area contributed by atoms with Gasteiger partial charge in [0, 0.05) is 25.7 Å². The summed E-state index contributed by atoms with van der Waals surface area (Å²) in [6.07, 6.45) is 0.428. The molecule has 1 aliphatic heterocycles. The minimum atomic E-state index is -0.394. The van der Waals surface area contributed by atoms with Crippen LogP contribution in [0, 0.1) is 0 Å². The topological polar surface area (TPSA) is 77.1 Å². The van der Waals surface area contributed by atoms with Crippen molar-refractivity contribution in [2.75, 3.05) is 33.4 Å². The maximum absolute atomic E-state index is 12.3. The molecule has 1 aliphatic rings. The number of piperazine rings is 1. The number of rotatable bonds is 7. The van der Waals surface area contributed by atoms with E-state index in [1.54, 1.807) is 29.2 Å². The van der Waals surface area contributed by atoms with E-state index in [9.17, 15) is 9.59 Å². The molecule has 154 valence electrons. The number of carbonyl (C=O) groups excluding carboxylic acids is 2. The van der Waals surface area contributed by atoms with E-state index in [0.717, 1.165) is 12.0 Å². The van der Waals surface area contributed by atoms with Crippen molar-refractivity contribution in [3.05, 3.63) is 65.7 Å². The highest BCUT2D eigenvalue weighted by atomic mass is 16.6. The van der Waals surface area contributed by atoms with Crippen molar-refractivity contribution >= 4 is 12.1 Å². The lowest BCUT2D eigenvalue weighted by atomic mass is 10.1. The second-order valence-corrected chi connectivity index (χ2v) is 6.79. The summed E-state index contributed by atoms with van der Waals surface area (Å²) in [6.45, 7) is 2.64. The van der Waals surface area contributed by atoms with Crippen LogP contribution in [0.1, 0.15) is 22.3 Å². The van der Waals surface area contributed by atoms with Crippen molar-refractivity contribution in [2.24, 2.45) is 0 Å². The van der Waals surface area contributed by atoms with E-state index in [0.29, 0.717) is 37.6 Å². The summed E-state index contributed by atoms with van der Waals surface area (Å²) in [7, 11) is 1.35. The van der Waals surface area contributed by atoms with Gasteiger partial charge >= 0.3 is 12.1 Å². The quantitative estimate of drug-likeness (QED) is 0.723. The van der Waals surface area contributed by atoms with Crippen LogP contribution in [0.5, 0.6) is 5.75 Å². The van der Waals surface area contributed by atoms with Crippen molar-refractivity contribution in [3.63, 3.8) is 0 Å². The summed E-state index contributed by atoms with van der Waals surface area (Å²) in [4.78, 5) is 25.7. The molecule has 29 heavy (non-hydrogen) atoms. The maximum Gasteiger partial charge on any atom is 0.410 e. The Kier molecular flexibility index (Phi) is 7.47. The highest BCUT2D eigenvalue weighted by Crippen LogP contribution is 2.15. The molecular weight excluding hydrogens is 372 g/mol. The lowest BCUT2D eigenvalue weighted by Gasteiger charge is -2.33. The number of nitrogens with zero attached hydrogens (tertiary/aromatic N) is 1. The third-order valence-corrected chi connectivity index (χ3v) is 4.71. The molecule has 0 spiro atoms. The van der Waals surface area contributed by atoms with E-state index in [2.05, 4.69) is 5.32 Å². The molecule has 1 atom stereocenters. The number of nitrogens with one attached hydrogen (secondary N) is 1. The number of methoxy groups -OCH3 is 1. The van der Waals surface area contributed by atoms with Gasteiger partial charge in [-0.15, -0.1) is 0 Å². The third kappa shape index (κ3) is 6.22. The molecule has 0 unspecified atom stereocenters. The highest BCUT2D eigenvalue weighted by Gasteiger charge is 2.24. The van der Waals surface area contributed by atoms with Gasteiger partial charge in [-0.3, -0.25) is 0 Å². The van der Waals surface area contributed by atoms with Crippen molar-refractivity contribution in [3.8, 4) is 5.75 Å². The summed E-state index contributed by atoms with van der Waals surface area (Å²) in [5, 5.41) is 3.40. The van der Waals surface area contributed by atoms with Gasteiger partial charge in [-0.05, 0) is 30.2 Å². The predicted molar refractivity (Wildman–Crippen MR) is 108 cm³/mol. The first-order valence-corrected chi connectivity index (χ1v) is 9.66. The Morgan fingerprint density at radius 3 is 2.76 bits per heavy atom. The van der Waals surface area contributed by atoms with Crippen LogP contribution in [0.4, 0.5) is 4.79 Å². The normalized spacial score (nSPS) is 16.2. The molecule has 3 rings (SSSR count). The van der Waals surface area contributed by atoms with Crippen LogP contribution in [0.25, 0.3) is 0 Å². The van der Waals surface area contributed by atoms with Gasteiger partial charge in [0.25, 0.3) is 0 Å². The molecule has 2 aromatic rings. The highest BCUT2D eigenvalue weighted by molar-refractivity contribution is 5.89. The number of amides is 1. The zero-order valence-electron chi connectivity index (χ0n) is 16.5. The molecule has 0 radical (unpaired) electrons. The zero-order valence-corrected chi connectivity index (χ0v) is 16.5. The number of esters is 1. The average molecular weight is 398 g/mol. The predicted octanol–water partition coefficient (Wildman–Crippen LogP) is 2.85. The molecule has 1 N–H and O–H groups in total. The Bertz CT molecular complexity index is 812. The minimum Gasteiger partial charge on any atom is -0.494 e. The maximum atomic E-state index is 12.3. The molecule has 1 fully saturated rings. The monoisotopic (exact) mass is 398 g/mol. The largest absolute Gasteiger partial charge is 0.494 e. The SMILES string of the molecule is COC(=O)c1cccc(OCC[C@@H]2CN(C(=O)OCc3ccccc3)CCN2)c1. The first-order chi connectivity index (χ1) is 14.2. The Morgan fingerprint density at radius 1 is 1.14 bits per heavy atom. The Hall–Kier alpha value is -3.06. The van der Waals surface area contributed by atoms with Crippen LogP contribution in [-0.4, -0.2) is 56.4 Å². The van der Waals surface area contributed by atoms with Crippen molar-refractivity contribution in [1.82, 2.24) is 10.2 Å². The number of hydrogen-bond acceptors (Lipinski definition) is 6. The fraction of sp³-hybridized carbons (Fsp3) is 0.364. The molecule has 0 aromatic heterocycles. The van der Waals surface area contributed by atoms with Gasteiger partial charge in [-0.1, -0.05) is 36.4 Å². The van der Waals surface area contributed by atoms with Gasteiger partial charge in [-0.25, -0.2) is 9.59 Å². The molecule has 1 heterocycles. The zero-order chi connectivity index (χ0) is 20.5.